The number of allylic oxidation sites excluding steroid dienone is 5. The highest BCUT2D eigenvalue weighted by Gasteiger charge is 2.59. The lowest BCUT2D eigenvalue weighted by Crippen LogP contribution is -2.39. The first-order chi connectivity index (χ1) is 26.0. The highest BCUT2D eigenvalue weighted by atomic mass is 16.5. The summed E-state index contributed by atoms with van der Waals surface area (Å²) in [4.78, 5) is 67.4. The maximum atomic E-state index is 14.8. The van der Waals surface area contributed by atoms with Crippen molar-refractivity contribution >= 4 is 45.4 Å². The number of hydrogen-bond donors (Lipinski definition) is 0. The van der Waals surface area contributed by atoms with Crippen LogP contribution in [0.3, 0.4) is 0 Å². The Labute approximate surface area is 326 Å². The summed E-state index contributed by atoms with van der Waals surface area (Å²) in [5.41, 5.74) is 2.61. The average molecular weight is 751 g/mol. The zero-order chi connectivity index (χ0) is 39.8. The van der Waals surface area contributed by atoms with Crippen LogP contribution >= 0.6 is 0 Å². The van der Waals surface area contributed by atoms with Gasteiger partial charge in [-0.15, -0.1) is 6.58 Å². The molecule has 0 amide bonds. The molecular weight excluding hydrogens is 693 g/mol. The van der Waals surface area contributed by atoms with Crippen LogP contribution in [0.5, 0.6) is 11.5 Å². The van der Waals surface area contributed by atoms with Crippen molar-refractivity contribution in [3.05, 3.63) is 65.8 Å². The molecule has 8 heteroatoms. The summed E-state index contributed by atoms with van der Waals surface area (Å²) in [7, 11) is 1.65. The molecule has 0 aromatic heterocycles. The van der Waals surface area contributed by atoms with E-state index < -0.39 is 34.7 Å². The Hall–Kier alpha value is -4.33. The molecule has 6 rings (SSSR count). The summed E-state index contributed by atoms with van der Waals surface area (Å²) in [5, 5.41) is 1.81. The molecule has 2 aromatic rings. The van der Waals surface area contributed by atoms with Gasteiger partial charge in [0.25, 0.3) is 0 Å². The molecule has 0 N–H and O–H groups in total. The third-order valence-corrected chi connectivity index (χ3v) is 12.7. The number of benzene rings is 2. The lowest BCUT2D eigenvalue weighted by atomic mass is 9.70. The van der Waals surface area contributed by atoms with Crippen molar-refractivity contribution in [3.8, 4) is 11.5 Å². The van der Waals surface area contributed by atoms with Crippen LogP contribution in [-0.4, -0.2) is 48.4 Å². The van der Waals surface area contributed by atoms with E-state index in [4.69, 9.17) is 14.2 Å². The molecule has 55 heavy (non-hydrogen) atoms. The van der Waals surface area contributed by atoms with Gasteiger partial charge in [-0.05, 0) is 130 Å². The second-order valence-electron chi connectivity index (χ2n) is 17.8. The molecule has 0 bridgehead atoms. The van der Waals surface area contributed by atoms with Gasteiger partial charge in [0, 0.05) is 41.4 Å². The molecule has 3 fully saturated rings. The van der Waals surface area contributed by atoms with E-state index in [1.54, 1.807) is 27.0 Å². The lowest BCUT2D eigenvalue weighted by Gasteiger charge is -2.32. The van der Waals surface area contributed by atoms with Gasteiger partial charge in [0.2, 0.25) is 0 Å². The number of Topliss-reactive ketones (excluding diaryl/α,β-unsaturated/α-hetero) is 4. The molecule has 0 spiro atoms. The van der Waals surface area contributed by atoms with Crippen LogP contribution in [0.15, 0.2) is 54.6 Å². The number of ether oxygens (including phenoxy) is 3. The molecular formula is C47H58O8. The van der Waals surface area contributed by atoms with Crippen LogP contribution in [0.25, 0.3) is 16.3 Å². The highest BCUT2D eigenvalue weighted by molar-refractivity contribution is 5.98. The number of aryl methyl sites for hydroxylation is 1. The van der Waals surface area contributed by atoms with Crippen molar-refractivity contribution < 1.29 is 38.2 Å². The molecule has 0 heterocycles. The van der Waals surface area contributed by atoms with E-state index in [0.717, 1.165) is 64.5 Å². The minimum atomic E-state index is -0.773. The van der Waals surface area contributed by atoms with Gasteiger partial charge in [-0.3, -0.25) is 24.0 Å². The Morgan fingerprint density at radius 1 is 0.964 bits per heavy atom. The van der Waals surface area contributed by atoms with Gasteiger partial charge in [-0.25, -0.2) is 0 Å². The monoisotopic (exact) mass is 750 g/mol. The average Bonchev–Trinajstić information content (AvgIpc) is 3.53. The minimum Gasteiger partial charge on any atom is -0.496 e. The third-order valence-electron chi connectivity index (χ3n) is 12.7. The van der Waals surface area contributed by atoms with Crippen LogP contribution in [0.4, 0.5) is 0 Å². The summed E-state index contributed by atoms with van der Waals surface area (Å²) in [6, 6.07) is 8.15. The number of carbonyl (C=O) groups excluding carboxylic acids is 5. The Kier molecular flexibility index (Phi) is 11.8. The van der Waals surface area contributed by atoms with E-state index in [9.17, 15) is 24.0 Å². The van der Waals surface area contributed by atoms with Crippen molar-refractivity contribution in [1.82, 2.24) is 0 Å². The van der Waals surface area contributed by atoms with E-state index >= 15 is 0 Å². The van der Waals surface area contributed by atoms with Crippen molar-refractivity contribution in [2.24, 2.45) is 34.5 Å². The smallest absolute Gasteiger partial charge is 0.306 e. The number of carbonyl (C=O) groups is 5. The number of ketones is 4. The zero-order valence-corrected chi connectivity index (χ0v) is 33.8. The number of methoxy groups -OCH3 is 1. The second-order valence-corrected chi connectivity index (χ2v) is 17.8. The first kappa shape index (κ1) is 40.3. The first-order valence-corrected chi connectivity index (χ1v) is 20.1. The molecule has 0 radical (unpaired) electrons. The van der Waals surface area contributed by atoms with E-state index in [1.807, 2.05) is 45.9 Å². The van der Waals surface area contributed by atoms with E-state index in [-0.39, 0.29) is 54.0 Å². The standard InChI is InChI=1S/C47H58O8/c1-9-34-25-47(34,29(4)49)26-41(50)38-22-36(23-39(38)45(52)40(46(5,6)7)24-44(51)55-35-12-10-11-13-35)54-43-20-32(31-15-14-30(18-31)17-28(3)48)19-33-21-42(53-8)27(2)16-37(33)43/h9,15-16,18-21,34-36,38-40H,1,10-14,17,22-26H2,2-8H3. The minimum absolute atomic E-state index is 0.0301. The Bertz CT molecular complexity index is 1950. The Morgan fingerprint density at radius 2 is 1.67 bits per heavy atom. The summed E-state index contributed by atoms with van der Waals surface area (Å²) >= 11 is 0. The van der Waals surface area contributed by atoms with Crippen molar-refractivity contribution in [3.63, 3.8) is 0 Å². The fourth-order valence-electron chi connectivity index (χ4n) is 9.42. The van der Waals surface area contributed by atoms with Gasteiger partial charge in [0.15, 0.2) is 0 Å². The third kappa shape index (κ3) is 8.74. The lowest BCUT2D eigenvalue weighted by molar-refractivity contribution is -0.154. The highest BCUT2D eigenvalue weighted by Crippen LogP contribution is 2.58. The largest absolute Gasteiger partial charge is 0.496 e. The molecule has 0 saturated heterocycles. The fraction of sp³-hybridized carbons (Fsp3) is 0.553. The summed E-state index contributed by atoms with van der Waals surface area (Å²) in [6.07, 6.45) is 11.5. The maximum Gasteiger partial charge on any atom is 0.306 e. The maximum absolute atomic E-state index is 14.8. The van der Waals surface area contributed by atoms with Gasteiger partial charge in [0.05, 0.1) is 13.5 Å². The van der Waals surface area contributed by atoms with Crippen LogP contribution in [0.1, 0.15) is 116 Å². The van der Waals surface area contributed by atoms with Gasteiger partial charge in [0.1, 0.15) is 46.8 Å². The van der Waals surface area contributed by atoms with Crippen LogP contribution in [0.2, 0.25) is 0 Å². The number of hydrogen-bond acceptors (Lipinski definition) is 8. The van der Waals surface area contributed by atoms with Crippen LogP contribution < -0.4 is 9.47 Å². The second kappa shape index (κ2) is 16.0. The number of esters is 1. The summed E-state index contributed by atoms with van der Waals surface area (Å²) in [5.74, 6) is -1.19. The SMILES string of the molecule is C=CC1CC1(CC(=O)C1CC(Oc2cc(C3=CCC(CC(C)=O)=C3)cc3cc(OC)c(C)cc23)CC1C(=O)C(CC(=O)OC1CCCC1)C(C)(C)C)C(C)=O. The zero-order valence-electron chi connectivity index (χ0n) is 33.8. The quantitative estimate of drug-likeness (QED) is 0.123. The van der Waals surface area contributed by atoms with Crippen molar-refractivity contribution in [2.75, 3.05) is 7.11 Å². The van der Waals surface area contributed by atoms with E-state index in [2.05, 4.69) is 24.8 Å². The fourth-order valence-corrected chi connectivity index (χ4v) is 9.42. The number of fused-ring (bicyclic) bond motifs is 1. The molecule has 0 aliphatic heterocycles. The molecule has 6 unspecified atom stereocenters. The topological polar surface area (TPSA) is 113 Å². The molecule has 294 valence electrons. The predicted molar refractivity (Wildman–Crippen MR) is 214 cm³/mol. The Balaban J connectivity index is 1.34. The molecule has 4 aliphatic rings. The molecule has 3 saturated carbocycles. The normalized spacial score (nSPS) is 25.6. The molecule has 4 aliphatic carbocycles. The van der Waals surface area contributed by atoms with Gasteiger partial charge in [-0.2, -0.15) is 0 Å². The van der Waals surface area contributed by atoms with Gasteiger partial charge < -0.3 is 14.2 Å². The van der Waals surface area contributed by atoms with E-state index in [0.29, 0.717) is 37.9 Å². The molecule has 2 aromatic carbocycles. The Morgan fingerprint density at radius 3 is 2.29 bits per heavy atom. The van der Waals surface area contributed by atoms with Crippen molar-refractivity contribution in [1.29, 1.82) is 0 Å². The number of rotatable bonds is 16. The van der Waals surface area contributed by atoms with Crippen LogP contribution in [-0.2, 0) is 28.7 Å². The molecule has 6 atom stereocenters. The van der Waals surface area contributed by atoms with Gasteiger partial charge >= 0.3 is 5.97 Å². The predicted octanol–water partition coefficient (Wildman–Crippen LogP) is 9.47. The molecule has 8 nitrogen and oxygen atoms in total. The summed E-state index contributed by atoms with van der Waals surface area (Å²) < 4.78 is 18.4. The first-order valence-electron chi connectivity index (χ1n) is 20.1. The summed E-state index contributed by atoms with van der Waals surface area (Å²) in [6.45, 7) is 14.9. The van der Waals surface area contributed by atoms with Crippen LogP contribution in [0, 0.1) is 41.4 Å². The van der Waals surface area contributed by atoms with Gasteiger partial charge in [-0.1, -0.05) is 44.6 Å². The van der Waals surface area contributed by atoms with E-state index in [1.165, 1.54) is 0 Å². The van der Waals surface area contributed by atoms with Crippen molar-refractivity contribution in [2.45, 2.75) is 124 Å².